The van der Waals surface area contributed by atoms with Crippen LogP contribution in [0.5, 0.6) is 0 Å². The van der Waals surface area contributed by atoms with Crippen LogP contribution in [-0.4, -0.2) is 25.8 Å². The summed E-state index contributed by atoms with van der Waals surface area (Å²) in [5.41, 5.74) is 0. The van der Waals surface area contributed by atoms with Crippen LogP contribution in [0.3, 0.4) is 0 Å². The Labute approximate surface area is 75.0 Å². The Morgan fingerprint density at radius 2 is 2.33 bits per heavy atom. The Morgan fingerprint density at radius 1 is 1.50 bits per heavy atom. The number of ether oxygens (including phenoxy) is 1. The third-order valence-electron chi connectivity index (χ3n) is 1.93. The Morgan fingerprint density at radius 3 is 3.00 bits per heavy atom. The lowest BCUT2D eigenvalue weighted by Crippen LogP contribution is -2.18. The first-order valence-electron chi connectivity index (χ1n) is 4.86. The van der Waals surface area contributed by atoms with Gasteiger partial charge < -0.3 is 10.1 Å². The van der Waals surface area contributed by atoms with Crippen LogP contribution in [0.2, 0.25) is 0 Å². The van der Waals surface area contributed by atoms with E-state index in [-0.39, 0.29) is 0 Å². The minimum atomic E-state index is 0.764. The molecule has 2 heteroatoms. The molecule has 0 unspecified atom stereocenters. The summed E-state index contributed by atoms with van der Waals surface area (Å²) >= 11 is 0. The first kappa shape index (κ1) is 9.75. The molecule has 1 N–H and O–H groups in total. The summed E-state index contributed by atoms with van der Waals surface area (Å²) in [6.07, 6.45) is 7.93. The normalized spacial score (nSPS) is 17.4. The van der Waals surface area contributed by atoms with Gasteiger partial charge in [-0.25, -0.2) is 0 Å². The highest BCUT2D eigenvalue weighted by Gasteiger charge is 2.19. The fraction of sp³-hybridized carbons (Fsp3) is 0.800. The van der Waals surface area contributed by atoms with Crippen molar-refractivity contribution in [2.75, 3.05) is 19.8 Å². The summed E-state index contributed by atoms with van der Waals surface area (Å²) in [6, 6.07) is 0.834. The molecule has 0 saturated heterocycles. The van der Waals surface area contributed by atoms with Gasteiger partial charge in [0.2, 0.25) is 0 Å². The molecule has 0 atom stereocenters. The highest BCUT2D eigenvalue weighted by Crippen LogP contribution is 2.18. The zero-order chi connectivity index (χ0) is 8.65. The number of rotatable bonds is 7. The molecule has 0 aromatic heterocycles. The van der Waals surface area contributed by atoms with E-state index in [0.717, 1.165) is 32.2 Å². The zero-order valence-electron chi connectivity index (χ0n) is 7.88. The minimum absolute atomic E-state index is 0.764. The summed E-state index contributed by atoms with van der Waals surface area (Å²) in [7, 11) is 0. The number of hydrogen-bond acceptors (Lipinski definition) is 2. The molecule has 1 aliphatic carbocycles. The van der Waals surface area contributed by atoms with Crippen molar-refractivity contribution in [3.63, 3.8) is 0 Å². The molecule has 0 spiro atoms. The van der Waals surface area contributed by atoms with E-state index in [2.05, 4.69) is 5.32 Å². The SMILES string of the molecule is C/C=C/COCCCNC1CC1. The molecular formula is C10H19NO. The molecule has 1 saturated carbocycles. The van der Waals surface area contributed by atoms with Crippen molar-refractivity contribution in [1.82, 2.24) is 5.32 Å². The maximum atomic E-state index is 5.35. The molecule has 70 valence electrons. The molecular weight excluding hydrogens is 150 g/mol. The van der Waals surface area contributed by atoms with Gasteiger partial charge in [-0.2, -0.15) is 0 Å². The average Bonchev–Trinajstić information content (AvgIpc) is 2.87. The Bertz CT molecular complexity index is 130. The molecule has 1 rings (SSSR count). The maximum Gasteiger partial charge on any atom is 0.0647 e. The summed E-state index contributed by atoms with van der Waals surface area (Å²) in [6.45, 7) is 4.77. The zero-order valence-corrected chi connectivity index (χ0v) is 7.88. The van der Waals surface area contributed by atoms with Gasteiger partial charge in [0, 0.05) is 12.6 Å². The van der Waals surface area contributed by atoms with E-state index < -0.39 is 0 Å². The van der Waals surface area contributed by atoms with Crippen molar-refractivity contribution < 1.29 is 4.74 Å². The van der Waals surface area contributed by atoms with E-state index >= 15 is 0 Å². The number of nitrogens with one attached hydrogen (secondary N) is 1. The molecule has 0 aromatic carbocycles. The summed E-state index contributed by atoms with van der Waals surface area (Å²) in [4.78, 5) is 0. The van der Waals surface area contributed by atoms with E-state index in [4.69, 9.17) is 4.74 Å². The van der Waals surface area contributed by atoms with Gasteiger partial charge in [0.1, 0.15) is 0 Å². The van der Waals surface area contributed by atoms with Crippen LogP contribution in [0, 0.1) is 0 Å². The molecule has 0 aliphatic heterocycles. The Balaban J connectivity index is 1.70. The van der Waals surface area contributed by atoms with Crippen molar-refractivity contribution in [3.8, 4) is 0 Å². The largest absolute Gasteiger partial charge is 0.377 e. The van der Waals surface area contributed by atoms with Crippen molar-refractivity contribution in [2.45, 2.75) is 32.2 Å². The lowest BCUT2D eigenvalue weighted by Gasteiger charge is -2.02. The average molecular weight is 169 g/mol. The smallest absolute Gasteiger partial charge is 0.0647 e. The highest BCUT2D eigenvalue weighted by atomic mass is 16.5. The first-order chi connectivity index (χ1) is 5.93. The van der Waals surface area contributed by atoms with Crippen LogP contribution < -0.4 is 5.32 Å². The predicted octanol–water partition coefficient (Wildman–Crippen LogP) is 1.72. The fourth-order valence-corrected chi connectivity index (χ4v) is 1.02. The van der Waals surface area contributed by atoms with E-state index in [1.165, 1.54) is 12.8 Å². The van der Waals surface area contributed by atoms with Gasteiger partial charge in [-0.3, -0.25) is 0 Å². The van der Waals surface area contributed by atoms with Crippen molar-refractivity contribution in [1.29, 1.82) is 0 Å². The van der Waals surface area contributed by atoms with Gasteiger partial charge in [0.05, 0.1) is 6.61 Å². The second-order valence-electron chi connectivity index (χ2n) is 3.23. The highest BCUT2D eigenvalue weighted by molar-refractivity contribution is 4.80. The maximum absolute atomic E-state index is 5.35. The van der Waals surface area contributed by atoms with Crippen LogP contribution in [0.4, 0.5) is 0 Å². The molecule has 0 aromatic rings. The third-order valence-corrected chi connectivity index (χ3v) is 1.93. The second kappa shape index (κ2) is 6.21. The van der Waals surface area contributed by atoms with E-state index in [0.29, 0.717) is 0 Å². The van der Waals surface area contributed by atoms with Crippen molar-refractivity contribution >= 4 is 0 Å². The van der Waals surface area contributed by atoms with Crippen molar-refractivity contribution in [2.24, 2.45) is 0 Å². The first-order valence-corrected chi connectivity index (χ1v) is 4.86. The molecule has 2 nitrogen and oxygen atoms in total. The molecule has 0 heterocycles. The van der Waals surface area contributed by atoms with Crippen LogP contribution in [0.15, 0.2) is 12.2 Å². The Kier molecular flexibility index (Phi) is 5.04. The van der Waals surface area contributed by atoms with Gasteiger partial charge in [-0.1, -0.05) is 12.2 Å². The van der Waals surface area contributed by atoms with E-state index in [1.807, 2.05) is 19.1 Å². The molecule has 1 fully saturated rings. The van der Waals surface area contributed by atoms with Gasteiger partial charge in [0.25, 0.3) is 0 Å². The van der Waals surface area contributed by atoms with Gasteiger partial charge in [-0.15, -0.1) is 0 Å². The Hall–Kier alpha value is -0.340. The van der Waals surface area contributed by atoms with Crippen LogP contribution in [-0.2, 0) is 4.74 Å². The van der Waals surface area contributed by atoms with Crippen LogP contribution >= 0.6 is 0 Å². The number of hydrogen-bond donors (Lipinski definition) is 1. The lowest BCUT2D eigenvalue weighted by molar-refractivity contribution is 0.159. The molecule has 1 aliphatic rings. The second-order valence-corrected chi connectivity index (χ2v) is 3.23. The minimum Gasteiger partial charge on any atom is -0.377 e. The van der Waals surface area contributed by atoms with Gasteiger partial charge in [0.15, 0.2) is 0 Å². The number of allylic oxidation sites excluding steroid dienone is 1. The summed E-state index contributed by atoms with van der Waals surface area (Å²) in [5, 5.41) is 3.45. The quantitative estimate of drug-likeness (QED) is 0.463. The lowest BCUT2D eigenvalue weighted by atomic mass is 10.4. The third kappa shape index (κ3) is 5.33. The monoisotopic (exact) mass is 169 g/mol. The molecule has 0 amide bonds. The van der Waals surface area contributed by atoms with E-state index in [9.17, 15) is 0 Å². The van der Waals surface area contributed by atoms with Gasteiger partial charge in [-0.05, 0) is 32.7 Å². The summed E-state index contributed by atoms with van der Waals surface area (Å²) < 4.78 is 5.35. The van der Waals surface area contributed by atoms with Crippen LogP contribution in [0.25, 0.3) is 0 Å². The molecule has 0 bridgehead atoms. The summed E-state index contributed by atoms with van der Waals surface area (Å²) in [5.74, 6) is 0. The van der Waals surface area contributed by atoms with E-state index in [1.54, 1.807) is 0 Å². The van der Waals surface area contributed by atoms with Crippen molar-refractivity contribution in [3.05, 3.63) is 12.2 Å². The van der Waals surface area contributed by atoms with Gasteiger partial charge >= 0.3 is 0 Å². The fourth-order valence-electron chi connectivity index (χ4n) is 1.02. The molecule has 12 heavy (non-hydrogen) atoms. The topological polar surface area (TPSA) is 21.3 Å². The molecule has 0 radical (unpaired) electrons. The van der Waals surface area contributed by atoms with Crippen LogP contribution in [0.1, 0.15) is 26.2 Å². The predicted molar refractivity (Wildman–Crippen MR) is 51.3 cm³/mol. The standard InChI is InChI=1S/C10H19NO/c1-2-3-8-12-9-4-7-11-10-5-6-10/h2-3,10-11H,4-9H2,1H3/b3-2+.